The first-order chi connectivity index (χ1) is 9.10. The zero-order chi connectivity index (χ0) is 14.3. The summed E-state index contributed by atoms with van der Waals surface area (Å²) in [5.41, 5.74) is 0.728. The second-order valence-electron chi connectivity index (χ2n) is 4.60. The van der Waals surface area contributed by atoms with Gasteiger partial charge in [0.2, 0.25) is 0 Å². The molecular weight excluding hydrogens is 259 g/mol. The minimum absolute atomic E-state index is 0.126. The molecule has 1 atom stereocenters. The fraction of sp³-hybridized carbons (Fsp3) is 0.533. The Labute approximate surface area is 117 Å². The fourth-order valence-corrected chi connectivity index (χ4v) is 2.69. The molecule has 1 unspecified atom stereocenters. The zero-order valence-corrected chi connectivity index (χ0v) is 13.2. The maximum atomic E-state index is 12.4. The Balaban J connectivity index is 3.01. The van der Waals surface area contributed by atoms with Crippen molar-refractivity contribution in [1.82, 2.24) is 0 Å². The maximum absolute atomic E-state index is 12.4. The highest BCUT2D eigenvalue weighted by Crippen LogP contribution is 2.35. The van der Waals surface area contributed by atoms with Crippen LogP contribution in [0.5, 0.6) is 11.5 Å². The van der Waals surface area contributed by atoms with Crippen molar-refractivity contribution in [2.24, 2.45) is 5.92 Å². The van der Waals surface area contributed by atoms with Crippen molar-refractivity contribution in [1.29, 1.82) is 0 Å². The molecule has 0 saturated heterocycles. The van der Waals surface area contributed by atoms with Crippen LogP contribution in [0, 0.1) is 5.92 Å². The van der Waals surface area contributed by atoms with Crippen molar-refractivity contribution in [2.45, 2.75) is 27.7 Å². The third-order valence-corrected chi connectivity index (χ3v) is 4.08. The Bertz CT molecular complexity index is 392. The van der Waals surface area contributed by atoms with Gasteiger partial charge in [-0.3, -0.25) is 4.79 Å². The summed E-state index contributed by atoms with van der Waals surface area (Å²) in [6.07, 6.45) is 0.908. The van der Waals surface area contributed by atoms with Crippen LogP contribution in [0.4, 0.5) is 0 Å². The van der Waals surface area contributed by atoms with Crippen molar-refractivity contribution in [2.75, 3.05) is 19.4 Å². The van der Waals surface area contributed by atoms with Gasteiger partial charge >= 0.3 is 0 Å². The lowest BCUT2D eigenvalue weighted by Crippen LogP contribution is -2.05. The molecule has 0 saturated carbocycles. The van der Waals surface area contributed by atoms with Gasteiger partial charge in [0, 0.05) is 0 Å². The molecule has 0 aliphatic heterocycles. The van der Waals surface area contributed by atoms with E-state index in [4.69, 9.17) is 9.47 Å². The van der Waals surface area contributed by atoms with E-state index < -0.39 is 0 Å². The number of carbonyl (C=O) groups excluding carboxylic acids is 1. The fourth-order valence-electron chi connectivity index (χ4n) is 1.67. The minimum Gasteiger partial charge on any atom is -0.493 e. The van der Waals surface area contributed by atoms with Crippen LogP contribution in [0.1, 0.15) is 38.1 Å². The van der Waals surface area contributed by atoms with Crippen LogP contribution in [0.25, 0.3) is 0 Å². The van der Waals surface area contributed by atoms with Crippen LogP contribution in [0.3, 0.4) is 0 Å². The second-order valence-corrected chi connectivity index (χ2v) is 5.82. The maximum Gasteiger partial charge on any atom is 0.188 e. The number of rotatable bonds is 8. The van der Waals surface area contributed by atoms with Gasteiger partial charge in [-0.15, -0.1) is 0 Å². The van der Waals surface area contributed by atoms with Crippen molar-refractivity contribution in [3.63, 3.8) is 0 Å². The summed E-state index contributed by atoms with van der Waals surface area (Å²) in [5, 5.41) is 0. The van der Waals surface area contributed by atoms with E-state index >= 15 is 0 Å². The Hall–Kier alpha value is -1.08. The Morgan fingerprint density at radius 3 is 2.11 bits per heavy atom. The lowest BCUT2D eigenvalue weighted by atomic mass is 10.2. The summed E-state index contributed by atoms with van der Waals surface area (Å²) < 4.78 is 11.1. The lowest BCUT2D eigenvalue weighted by molar-refractivity contribution is 0.107. The van der Waals surface area contributed by atoms with Crippen molar-refractivity contribution in [3.05, 3.63) is 23.8 Å². The highest BCUT2D eigenvalue weighted by Gasteiger charge is 2.18. The van der Waals surface area contributed by atoms with E-state index in [1.165, 1.54) is 0 Å². The lowest BCUT2D eigenvalue weighted by Gasteiger charge is -2.14. The second kappa shape index (κ2) is 8.16. The van der Waals surface area contributed by atoms with E-state index in [0.717, 1.165) is 6.16 Å². The first-order valence-electron chi connectivity index (χ1n) is 6.76. The predicted molar refractivity (Wildman–Crippen MR) is 81.1 cm³/mol. The Morgan fingerprint density at radius 1 is 1.16 bits per heavy atom. The summed E-state index contributed by atoms with van der Waals surface area (Å²) in [6.45, 7) is 9.17. The zero-order valence-electron chi connectivity index (χ0n) is 12.2. The molecular formula is C15H23O3P. The monoisotopic (exact) mass is 282 g/mol. The summed E-state index contributed by atoms with van der Waals surface area (Å²) in [7, 11) is 0.267. The van der Waals surface area contributed by atoms with Crippen LogP contribution in [-0.4, -0.2) is 24.9 Å². The number of ether oxygens (including phenoxy) is 2. The molecule has 0 spiro atoms. The molecule has 0 N–H and O–H groups in total. The molecule has 0 amide bonds. The van der Waals surface area contributed by atoms with E-state index in [-0.39, 0.29) is 14.1 Å². The predicted octanol–water partition coefficient (Wildman–Crippen LogP) is 3.96. The molecule has 0 radical (unpaired) electrons. The molecule has 0 bridgehead atoms. The number of benzene rings is 1. The molecule has 4 heteroatoms. The molecule has 1 rings (SSSR count). The highest BCUT2D eigenvalue weighted by atomic mass is 31.1. The van der Waals surface area contributed by atoms with Gasteiger partial charge in [-0.2, -0.15) is 0 Å². The van der Waals surface area contributed by atoms with Crippen LogP contribution in [0.15, 0.2) is 18.2 Å². The van der Waals surface area contributed by atoms with E-state index in [9.17, 15) is 4.79 Å². The molecule has 0 aliphatic carbocycles. The molecule has 19 heavy (non-hydrogen) atoms. The Morgan fingerprint density at radius 2 is 1.68 bits per heavy atom. The average molecular weight is 282 g/mol. The third-order valence-electron chi connectivity index (χ3n) is 2.49. The Kier molecular flexibility index (Phi) is 6.86. The van der Waals surface area contributed by atoms with Crippen molar-refractivity contribution < 1.29 is 14.3 Å². The molecule has 1 aromatic carbocycles. The quantitative estimate of drug-likeness (QED) is 0.677. The van der Waals surface area contributed by atoms with Crippen molar-refractivity contribution in [3.8, 4) is 11.5 Å². The average Bonchev–Trinajstić information content (AvgIpc) is 2.37. The van der Waals surface area contributed by atoms with Gasteiger partial charge in [0.15, 0.2) is 5.52 Å². The van der Waals surface area contributed by atoms with Gasteiger partial charge in [-0.25, -0.2) is 0 Å². The smallest absolute Gasteiger partial charge is 0.188 e. The van der Waals surface area contributed by atoms with Gasteiger partial charge in [0.1, 0.15) is 17.1 Å². The largest absolute Gasteiger partial charge is 0.493 e. The summed E-state index contributed by atoms with van der Waals surface area (Å²) in [4.78, 5) is 12.4. The molecule has 3 nitrogen and oxygen atoms in total. The van der Waals surface area contributed by atoms with Crippen molar-refractivity contribution >= 4 is 14.1 Å². The van der Waals surface area contributed by atoms with Crippen LogP contribution in [0.2, 0.25) is 0 Å². The first-order valence-corrected chi connectivity index (χ1v) is 7.97. The van der Waals surface area contributed by atoms with Gasteiger partial charge in [-0.1, -0.05) is 19.9 Å². The molecule has 0 heterocycles. The van der Waals surface area contributed by atoms with Crippen LogP contribution < -0.4 is 9.47 Å². The van der Waals surface area contributed by atoms with E-state index in [0.29, 0.717) is 36.2 Å². The van der Waals surface area contributed by atoms with Crippen LogP contribution >= 0.6 is 8.58 Å². The first kappa shape index (κ1) is 16.0. The molecule has 1 aromatic rings. The molecule has 0 fully saturated rings. The summed E-state index contributed by atoms with van der Waals surface area (Å²) >= 11 is 0. The summed E-state index contributed by atoms with van der Waals surface area (Å²) in [5.74, 6) is 1.79. The van der Waals surface area contributed by atoms with Gasteiger partial charge < -0.3 is 9.47 Å². The highest BCUT2D eigenvalue weighted by molar-refractivity contribution is 7.58. The van der Waals surface area contributed by atoms with E-state index in [2.05, 4.69) is 13.8 Å². The topological polar surface area (TPSA) is 35.5 Å². The SMILES string of the molecule is CCOc1cccc(OCC)c1C(=O)PCC(C)C. The standard InChI is InChI=1S/C15H23O3P/c1-5-17-12-8-7-9-13(18-6-2)14(12)15(16)19-10-11(3)4/h7-9,11,19H,5-6,10H2,1-4H3. The minimum atomic E-state index is 0.126. The van der Waals surface area contributed by atoms with E-state index in [1.54, 1.807) is 0 Å². The normalized spacial score (nSPS) is 11.2. The number of hydrogen-bond acceptors (Lipinski definition) is 3. The molecule has 0 aromatic heterocycles. The van der Waals surface area contributed by atoms with Gasteiger partial charge in [-0.05, 0) is 46.6 Å². The third kappa shape index (κ3) is 4.83. The molecule has 0 aliphatic rings. The number of hydrogen-bond donors (Lipinski definition) is 0. The van der Waals surface area contributed by atoms with Gasteiger partial charge in [0.05, 0.1) is 13.2 Å². The summed E-state index contributed by atoms with van der Waals surface area (Å²) in [6, 6.07) is 5.52. The molecule has 106 valence electrons. The van der Waals surface area contributed by atoms with Crippen LogP contribution in [-0.2, 0) is 0 Å². The van der Waals surface area contributed by atoms with E-state index in [1.807, 2.05) is 32.0 Å². The number of carbonyl (C=O) groups is 1. The van der Waals surface area contributed by atoms with Gasteiger partial charge in [0.25, 0.3) is 0 Å².